The van der Waals surface area contributed by atoms with Gasteiger partial charge in [-0.05, 0) is 24.3 Å². The van der Waals surface area contributed by atoms with Gasteiger partial charge in [-0.25, -0.2) is 19.4 Å². The Bertz CT molecular complexity index is 977. The topological polar surface area (TPSA) is 62.6 Å². The van der Waals surface area contributed by atoms with Gasteiger partial charge in [0, 0.05) is 31.2 Å². The van der Waals surface area contributed by atoms with Gasteiger partial charge in [-0.1, -0.05) is 11.6 Å². The molecule has 134 valence electrons. The van der Waals surface area contributed by atoms with Crippen molar-refractivity contribution < 1.29 is 9.13 Å². The van der Waals surface area contributed by atoms with Crippen molar-refractivity contribution in [3.8, 4) is 5.75 Å². The van der Waals surface area contributed by atoms with Crippen molar-refractivity contribution in [2.24, 2.45) is 4.99 Å². The summed E-state index contributed by atoms with van der Waals surface area (Å²) in [5, 5.41) is 3.92. The van der Waals surface area contributed by atoms with Gasteiger partial charge in [-0.2, -0.15) is 0 Å². The number of halogens is 2. The number of methoxy groups -OCH3 is 1. The third kappa shape index (κ3) is 3.83. The number of nitrogens with zero attached hydrogens (tertiary/aromatic N) is 4. The van der Waals surface area contributed by atoms with Crippen molar-refractivity contribution in [2.75, 3.05) is 26.5 Å². The first-order valence-electron chi connectivity index (χ1n) is 7.73. The molecule has 3 aromatic rings. The van der Waals surface area contributed by atoms with Crippen LogP contribution in [0.5, 0.6) is 5.75 Å². The van der Waals surface area contributed by atoms with Gasteiger partial charge in [0.05, 0.1) is 24.0 Å². The highest BCUT2D eigenvalue weighted by atomic mass is 35.5. The van der Waals surface area contributed by atoms with Crippen molar-refractivity contribution in [1.82, 2.24) is 14.9 Å². The molecular weight excluding hydrogens is 357 g/mol. The second kappa shape index (κ2) is 7.53. The third-order valence-corrected chi connectivity index (χ3v) is 3.84. The van der Waals surface area contributed by atoms with E-state index in [0.29, 0.717) is 28.5 Å². The maximum absolute atomic E-state index is 13.4. The Hall–Kier alpha value is -2.93. The lowest BCUT2D eigenvalue weighted by molar-refractivity contribution is 0.416. The molecule has 2 aromatic carbocycles. The Morgan fingerprint density at radius 3 is 2.73 bits per heavy atom. The fourth-order valence-electron chi connectivity index (χ4n) is 2.32. The molecule has 1 aromatic heterocycles. The summed E-state index contributed by atoms with van der Waals surface area (Å²) < 4.78 is 18.8. The minimum atomic E-state index is -0.477. The Kier molecular flexibility index (Phi) is 5.18. The normalized spacial score (nSPS) is 11.1. The fraction of sp³-hybridized carbons (Fsp3) is 0.167. The number of anilines is 2. The molecule has 0 bridgehead atoms. The van der Waals surface area contributed by atoms with E-state index in [1.54, 1.807) is 25.6 Å². The van der Waals surface area contributed by atoms with E-state index < -0.39 is 5.82 Å². The van der Waals surface area contributed by atoms with Gasteiger partial charge < -0.3 is 15.0 Å². The Labute approximate surface area is 155 Å². The number of hydrogen-bond acceptors (Lipinski definition) is 5. The summed E-state index contributed by atoms with van der Waals surface area (Å²) >= 11 is 5.85. The van der Waals surface area contributed by atoms with Crippen LogP contribution in [0.2, 0.25) is 5.02 Å². The standard InChI is InChI=1S/C18H17ClFN5O/c1-25(2)10-23-16-7-12-15(8-17(16)26-3)21-9-22-18(12)24-11-4-5-14(20)13(19)6-11/h4-10H,1-3H3,(H,21,22,24). The number of benzene rings is 2. The van der Waals surface area contributed by atoms with Crippen LogP contribution in [0.25, 0.3) is 10.9 Å². The van der Waals surface area contributed by atoms with E-state index in [0.717, 1.165) is 5.39 Å². The van der Waals surface area contributed by atoms with Crippen molar-refractivity contribution in [2.45, 2.75) is 0 Å². The average Bonchev–Trinajstić information content (AvgIpc) is 2.62. The van der Waals surface area contributed by atoms with E-state index in [1.165, 1.54) is 18.5 Å². The van der Waals surface area contributed by atoms with Crippen LogP contribution >= 0.6 is 11.6 Å². The van der Waals surface area contributed by atoms with E-state index >= 15 is 0 Å². The summed E-state index contributed by atoms with van der Waals surface area (Å²) in [6.45, 7) is 0. The molecule has 0 radical (unpaired) electrons. The van der Waals surface area contributed by atoms with Crippen LogP contribution in [-0.4, -0.2) is 42.4 Å². The number of hydrogen-bond donors (Lipinski definition) is 1. The first kappa shape index (κ1) is 17.9. The van der Waals surface area contributed by atoms with Crippen LogP contribution in [0, 0.1) is 5.82 Å². The van der Waals surface area contributed by atoms with Crippen LogP contribution in [0.4, 0.5) is 21.6 Å². The monoisotopic (exact) mass is 373 g/mol. The highest BCUT2D eigenvalue weighted by molar-refractivity contribution is 6.31. The number of ether oxygens (including phenoxy) is 1. The largest absolute Gasteiger partial charge is 0.494 e. The molecule has 0 aliphatic heterocycles. The molecule has 26 heavy (non-hydrogen) atoms. The molecule has 1 N–H and O–H groups in total. The summed E-state index contributed by atoms with van der Waals surface area (Å²) in [5.74, 6) is 0.682. The van der Waals surface area contributed by atoms with Crippen molar-refractivity contribution in [3.63, 3.8) is 0 Å². The quantitative estimate of drug-likeness (QED) is 0.530. The summed E-state index contributed by atoms with van der Waals surface area (Å²) in [6.07, 6.45) is 3.12. The molecule has 8 heteroatoms. The molecule has 0 aliphatic rings. The van der Waals surface area contributed by atoms with Crippen molar-refractivity contribution in [3.05, 3.63) is 47.5 Å². The molecule has 0 fully saturated rings. The lowest BCUT2D eigenvalue weighted by atomic mass is 10.2. The first-order valence-corrected chi connectivity index (χ1v) is 8.11. The van der Waals surface area contributed by atoms with Gasteiger partial charge in [-0.15, -0.1) is 0 Å². The minimum Gasteiger partial charge on any atom is -0.494 e. The molecule has 0 atom stereocenters. The van der Waals surface area contributed by atoms with E-state index in [1.807, 2.05) is 25.1 Å². The summed E-state index contributed by atoms with van der Waals surface area (Å²) in [6, 6.07) is 8.01. The average molecular weight is 374 g/mol. The number of rotatable bonds is 5. The minimum absolute atomic E-state index is 0.0336. The first-order chi connectivity index (χ1) is 12.5. The predicted molar refractivity (Wildman–Crippen MR) is 103 cm³/mol. The summed E-state index contributed by atoms with van der Waals surface area (Å²) in [4.78, 5) is 14.8. The summed E-state index contributed by atoms with van der Waals surface area (Å²) in [7, 11) is 5.34. The number of aromatic nitrogens is 2. The highest BCUT2D eigenvalue weighted by Gasteiger charge is 2.11. The van der Waals surface area contributed by atoms with Gasteiger partial charge in [0.25, 0.3) is 0 Å². The molecule has 0 spiro atoms. The molecule has 0 amide bonds. The second-order valence-electron chi connectivity index (χ2n) is 5.73. The molecule has 6 nitrogen and oxygen atoms in total. The molecule has 3 rings (SSSR count). The van der Waals surface area contributed by atoms with Gasteiger partial charge in [0.2, 0.25) is 0 Å². The maximum atomic E-state index is 13.4. The molecule has 0 aliphatic carbocycles. The maximum Gasteiger partial charge on any atom is 0.146 e. The van der Waals surface area contributed by atoms with Crippen LogP contribution in [0.15, 0.2) is 41.7 Å². The number of aliphatic imine (C=N–C) groups is 1. The zero-order chi connectivity index (χ0) is 18.7. The number of nitrogens with one attached hydrogen (secondary N) is 1. The van der Waals surface area contributed by atoms with E-state index in [9.17, 15) is 4.39 Å². The molecule has 0 unspecified atom stereocenters. The van der Waals surface area contributed by atoms with Crippen LogP contribution in [-0.2, 0) is 0 Å². The fourth-order valence-corrected chi connectivity index (χ4v) is 2.51. The number of fused-ring (bicyclic) bond motifs is 1. The van der Waals surface area contributed by atoms with Crippen molar-refractivity contribution >= 4 is 46.0 Å². The Morgan fingerprint density at radius 2 is 2.04 bits per heavy atom. The molecular formula is C18H17ClFN5O. The van der Waals surface area contributed by atoms with Gasteiger partial charge >= 0.3 is 0 Å². The van der Waals surface area contributed by atoms with Crippen LogP contribution < -0.4 is 10.1 Å². The molecule has 0 saturated heterocycles. The van der Waals surface area contributed by atoms with Gasteiger partial charge in [0.15, 0.2) is 0 Å². The van der Waals surface area contributed by atoms with Gasteiger partial charge in [0.1, 0.15) is 29.4 Å². The molecule has 1 heterocycles. The third-order valence-electron chi connectivity index (χ3n) is 3.55. The Balaban J connectivity index is 2.07. The van der Waals surface area contributed by atoms with Crippen LogP contribution in [0.3, 0.4) is 0 Å². The lowest BCUT2D eigenvalue weighted by Gasteiger charge is -2.12. The highest BCUT2D eigenvalue weighted by Crippen LogP contribution is 2.35. The van der Waals surface area contributed by atoms with Crippen LogP contribution in [0.1, 0.15) is 0 Å². The van der Waals surface area contributed by atoms with E-state index in [2.05, 4.69) is 20.3 Å². The van der Waals surface area contributed by atoms with E-state index in [4.69, 9.17) is 16.3 Å². The van der Waals surface area contributed by atoms with Gasteiger partial charge in [-0.3, -0.25) is 0 Å². The lowest BCUT2D eigenvalue weighted by Crippen LogP contribution is -2.07. The molecule has 0 saturated carbocycles. The second-order valence-corrected chi connectivity index (χ2v) is 6.13. The zero-order valence-electron chi connectivity index (χ0n) is 14.5. The summed E-state index contributed by atoms with van der Waals surface area (Å²) in [5.41, 5.74) is 1.95. The predicted octanol–water partition coefficient (Wildman–Crippen LogP) is 4.40. The zero-order valence-corrected chi connectivity index (χ0v) is 15.3. The smallest absolute Gasteiger partial charge is 0.146 e. The van der Waals surface area contributed by atoms with Crippen molar-refractivity contribution in [1.29, 1.82) is 0 Å². The Morgan fingerprint density at radius 1 is 1.23 bits per heavy atom. The van der Waals surface area contributed by atoms with E-state index in [-0.39, 0.29) is 5.02 Å². The SMILES string of the molecule is COc1cc2ncnc(Nc3ccc(F)c(Cl)c3)c2cc1N=CN(C)C.